The lowest BCUT2D eigenvalue weighted by atomic mass is 9.90. The quantitative estimate of drug-likeness (QED) is 0.648. The van der Waals surface area contributed by atoms with Gasteiger partial charge in [-0.25, -0.2) is 0 Å². The molecule has 0 N–H and O–H groups in total. The third kappa shape index (κ3) is 1.67. The minimum Gasteiger partial charge on any atom is -0.147 e. The van der Waals surface area contributed by atoms with E-state index in [0.717, 1.165) is 0 Å². The molecule has 1 unspecified atom stereocenters. The van der Waals surface area contributed by atoms with Crippen LogP contribution in [0.5, 0.6) is 0 Å². The van der Waals surface area contributed by atoms with Crippen LogP contribution in [0.15, 0.2) is 53.9 Å². The Morgan fingerprint density at radius 2 is 1.94 bits per heavy atom. The second-order valence-corrected chi connectivity index (χ2v) is 5.43. The van der Waals surface area contributed by atoms with Gasteiger partial charge in [-0.05, 0) is 41.1 Å². The van der Waals surface area contributed by atoms with Gasteiger partial charge in [-0.1, -0.05) is 42.5 Å². The van der Waals surface area contributed by atoms with Gasteiger partial charge in [-0.15, -0.1) is 11.3 Å². The van der Waals surface area contributed by atoms with Gasteiger partial charge in [-0.3, -0.25) is 0 Å². The van der Waals surface area contributed by atoms with Gasteiger partial charge in [0.2, 0.25) is 0 Å². The lowest BCUT2D eigenvalue weighted by Crippen LogP contribution is -1.97. The molecule has 1 aromatic carbocycles. The predicted molar refractivity (Wildman–Crippen MR) is 76.2 cm³/mol. The summed E-state index contributed by atoms with van der Waals surface area (Å²) in [6, 6.07) is 12.8. The second-order valence-electron chi connectivity index (χ2n) is 4.49. The van der Waals surface area contributed by atoms with Gasteiger partial charge in [0.25, 0.3) is 0 Å². The maximum Gasteiger partial charge on any atom is 0.0400 e. The Kier molecular flexibility index (Phi) is 2.49. The lowest BCUT2D eigenvalue weighted by molar-refractivity contribution is 1.06. The SMILES string of the molecule is C=C(C)C1C(c2ccccc2)=Cc2ccsc21. The monoisotopic (exact) mass is 238 g/mol. The number of fused-ring (bicyclic) bond motifs is 1. The highest BCUT2D eigenvalue weighted by Gasteiger charge is 2.27. The minimum atomic E-state index is 0.382. The van der Waals surface area contributed by atoms with Gasteiger partial charge in [-0.2, -0.15) is 0 Å². The average Bonchev–Trinajstić information content (AvgIpc) is 2.88. The van der Waals surface area contributed by atoms with E-state index in [1.165, 1.54) is 27.2 Å². The van der Waals surface area contributed by atoms with Crippen LogP contribution in [0.25, 0.3) is 11.6 Å². The number of thiophene rings is 1. The van der Waals surface area contributed by atoms with Crippen LogP contribution in [0.2, 0.25) is 0 Å². The van der Waals surface area contributed by atoms with E-state index in [0.29, 0.717) is 5.92 Å². The summed E-state index contributed by atoms with van der Waals surface area (Å²) in [6.45, 7) is 6.28. The van der Waals surface area contributed by atoms with Crippen molar-refractivity contribution >= 4 is 23.0 Å². The highest BCUT2D eigenvalue weighted by molar-refractivity contribution is 7.10. The highest BCUT2D eigenvalue weighted by Crippen LogP contribution is 2.47. The molecule has 3 rings (SSSR count). The maximum atomic E-state index is 4.16. The van der Waals surface area contributed by atoms with Crippen LogP contribution in [-0.2, 0) is 0 Å². The third-order valence-corrected chi connectivity index (χ3v) is 4.21. The van der Waals surface area contributed by atoms with Crippen molar-refractivity contribution in [2.75, 3.05) is 0 Å². The Morgan fingerprint density at radius 1 is 1.18 bits per heavy atom. The molecule has 84 valence electrons. The van der Waals surface area contributed by atoms with E-state index in [-0.39, 0.29) is 0 Å². The van der Waals surface area contributed by atoms with Crippen molar-refractivity contribution in [1.29, 1.82) is 0 Å². The number of hydrogen-bond donors (Lipinski definition) is 0. The van der Waals surface area contributed by atoms with Crippen molar-refractivity contribution in [3.8, 4) is 0 Å². The second kappa shape index (κ2) is 4.01. The Hall–Kier alpha value is -1.60. The molecule has 0 spiro atoms. The van der Waals surface area contributed by atoms with Gasteiger partial charge in [0.1, 0.15) is 0 Å². The summed E-state index contributed by atoms with van der Waals surface area (Å²) >= 11 is 1.83. The first-order valence-corrected chi connectivity index (χ1v) is 6.65. The van der Waals surface area contributed by atoms with E-state index < -0.39 is 0 Å². The molecule has 0 radical (unpaired) electrons. The van der Waals surface area contributed by atoms with Crippen LogP contribution in [0, 0.1) is 0 Å². The fourth-order valence-electron chi connectivity index (χ4n) is 2.45. The molecular formula is C16H14S. The first kappa shape index (κ1) is 10.5. The average molecular weight is 238 g/mol. The fraction of sp³-hybridized carbons (Fsp3) is 0.125. The molecular weight excluding hydrogens is 224 g/mol. The van der Waals surface area contributed by atoms with Gasteiger partial charge < -0.3 is 0 Å². The number of allylic oxidation sites excluding steroid dienone is 2. The van der Waals surface area contributed by atoms with E-state index in [4.69, 9.17) is 0 Å². The summed E-state index contributed by atoms with van der Waals surface area (Å²) < 4.78 is 0. The fourth-order valence-corrected chi connectivity index (χ4v) is 3.54. The van der Waals surface area contributed by atoms with Crippen molar-refractivity contribution in [3.05, 3.63) is 69.9 Å². The molecule has 0 nitrogen and oxygen atoms in total. The molecule has 1 aliphatic rings. The zero-order chi connectivity index (χ0) is 11.8. The molecule has 1 atom stereocenters. The Balaban J connectivity index is 2.13. The number of hydrogen-bond acceptors (Lipinski definition) is 1. The van der Waals surface area contributed by atoms with Gasteiger partial charge >= 0.3 is 0 Å². The summed E-state index contributed by atoms with van der Waals surface area (Å²) in [5.41, 5.74) is 5.28. The van der Waals surface area contributed by atoms with Gasteiger partial charge in [0.15, 0.2) is 0 Å². The van der Waals surface area contributed by atoms with Crippen molar-refractivity contribution < 1.29 is 0 Å². The van der Waals surface area contributed by atoms with E-state index in [9.17, 15) is 0 Å². The molecule has 0 aliphatic heterocycles. The first-order chi connectivity index (χ1) is 8.27. The van der Waals surface area contributed by atoms with Crippen LogP contribution in [0.4, 0.5) is 0 Å². The summed E-state index contributed by atoms with van der Waals surface area (Å²) in [6.07, 6.45) is 2.31. The van der Waals surface area contributed by atoms with E-state index in [1.807, 2.05) is 11.3 Å². The summed E-state index contributed by atoms with van der Waals surface area (Å²) in [5, 5.41) is 2.17. The third-order valence-electron chi connectivity index (χ3n) is 3.21. The summed E-state index contributed by atoms with van der Waals surface area (Å²) in [5.74, 6) is 0.382. The van der Waals surface area contributed by atoms with Crippen LogP contribution in [-0.4, -0.2) is 0 Å². The number of benzene rings is 1. The van der Waals surface area contributed by atoms with Gasteiger partial charge in [0, 0.05) is 10.8 Å². The molecule has 1 aliphatic carbocycles. The highest BCUT2D eigenvalue weighted by atomic mass is 32.1. The largest absolute Gasteiger partial charge is 0.147 e. The molecule has 0 fully saturated rings. The normalized spacial score (nSPS) is 17.7. The molecule has 0 saturated carbocycles. The Bertz CT molecular complexity index is 587. The smallest absolute Gasteiger partial charge is 0.0400 e. The van der Waals surface area contributed by atoms with E-state index in [2.05, 4.69) is 61.4 Å². The molecule has 1 heteroatoms. The lowest BCUT2D eigenvalue weighted by Gasteiger charge is -2.15. The zero-order valence-corrected chi connectivity index (χ0v) is 10.6. The van der Waals surface area contributed by atoms with Crippen molar-refractivity contribution in [2.24, 2.45) is 0 Å². The van der Waals surface area contributed by atoms with Crippen LogP contribution in [0.1, 0.15) is 28.8 Å². The molecule has 1 heterocycles. The molecule has 0 amide bonds. The standard InChI is InChI=1S/C16H14S/c1-11(2)15-14(12-6-4-3-5-7-12)10-13-8-9-17-16(13)15/h3-10,15H,1H2,2H3. The summed E-state index contributed by atoms with van der Waals surface area (Å²) in [7, 11) is 0. The predicted octanol–water partition coefficient (Wildman–Crippen LogP) is 4.96. The zero-order valence-electron chi connectivity index (χ0n) is 9.81. The Labute approximate surface area is 106 Å². The summed E-state index contributed by atoms with van der Waals surface area (Å²) in [4.78, 5) is 1.44. The van der Waals surface area contributed by atoms with Crippen molar-refractivity contribution in [3.63, 3.8) is 0 Å². The number of rotatable bonds is 2. The van der Waals surface area contributed by atoms with Crippen molar-refractivity contribution in [2.45, 2.75) is 12.8 Å². The van der Waals surface area contributed by atoms with E-state index in [1.54, 1.807) is 0 Å². The molecule has 17 heavy (non-hydrogen) atoms. The topological polar surface area (TPSA) is 0 Å². The van der Waals surface area contributed by atoms with Crippen molar-refractivity contribution in [1.82, 2.24) is 0 Å². The van der Waals surface area contributed by atoms with E-state index >= 15 is 0 Å². The van der Waals surface area contributed by atoms with Crippen LogP contribution in [0.3, 0.4) is 0 Å². The minimum absolute atomic E-state index is 0.382. The Morgan fingerprint density at radius 3 is 2.65 bits per heavy atom. The van der Waals surface area contributed by atoms with Crippen LogP contribution >= 0.6 is 11.3 Å². The molecule has 1 aromatic heterocycles. The maximum absolute atomic E-state index is 4.16. The van der Waals surface area contributed by atoms with Crippen LogP contribution < -0.4 is 0 Å². The van der Waals surface area contributed by atoms with Gasteiger partial charge in [0.05, 0.1) is 0 Å². The first-order valence-electron chi connectivity index (χ1n) is 5.77. The molecule has 2 aromatic rings. The molecule has 0 bridgehead atoms. The molecule has 0 saturated heterocycles.